The molecule has 1 aromatic rings. The van der Waals surface area contributed by atoms with Crippen LogP contribution in [0, 0.1) is 0 Å². The molecule has 1 aliphatic carbocycles. The third-order valence-corrected chi connectivity index (χ3v) is 4.39. The monoisotopic (exact) mass is 417 g/mol. The summed E-state index contributed by atoms with van der Waals surface area (Å²) in [7, 11) is 0. The molecule has 0 radical (unpaired) electrons. The van der Waals surface area contributed by atoms with E-state index in [1.54, 1.807) is 41.5 Å². The molecule has 1 unspecified atom stereocenters. The van der Waals surface area contributed by atoms with E-state index in [-0.39, 0.29) is 12.6 Å². The largest absolute Gasteiger partial charge is 0.443 e. The molecule has 0 aliphatic heterocycles. The minimum absolute atomic E-state index is 0.0859. The Morgan fingerprint density at radius 3 is 2.40 bits per heavy atom. The summed E-state index contributed by atoms with van der Waals surface area (Å²) in [5.41, 5.74) is 0.941. The van der Waals surface area contributed by atoms with Crippen LogP contribution in [0.2, 0.25) is 0 Å². The summed E-state index contributed by atoms with van der Waals surface area (Å²) in [5.74, 6) is 0. The summed E-state index contributed by atoms with van der Waals surface area (Å²) in [4.78, 5) is 35.2. The number of carbonyl (C=O) groups excluding carboxylic acids is 2. The van der Waals surface area contributed by atoms with Gasteiger partial charge in [-0.15, -0.1) is 0 Å². The van der Waals surface area contributed by atoms with E-state index in [4.69, 9.17) is 14.5 Å². The molecule has 0 spiro atoms. The Morgan fingerprint density at radius 2 is 1.80 bits per heavy atom. The maximum Gasteiger partial charge on any atom is 0.419 e. The van der Waals surface area contributed by atoms with Crippen molar-refractivity contribution in [3.8, 4) is 0 Å². The van der Waals surface area contributed by atoms with Gasteiger partial charge in [-0.1, -0.05) is 6.07 Å². The molecular formula is C23H35N3O4. The van der Waals surface area contributed by atoms with Gasteiger partial charge in [-0.05, 0) is 91.5 Å². The normalized spacial score (nSPS) is 16.8. The van der Waals surface area contributed by atoms with Crippen LogP contribution in [0.15, 0.2) is 23.3 Å². The van der Waals surface area contributed by atoms with E-state index in [1.807, 2.05) is 18.5 Å². The van der Waals surface area contributed by atoms with Crippen molar-refractivity contribution in [3.05, 3.63) is 29.6 Å². The summed E-state index contributed by atoms with van der Waals surface area (Å²) in [6, 6.07) is 4.17. The van der Waals surface area contributed by atoms with Crippen LogP contribution in [-0.4, -0.2) is 46.0 Å². The van der Waals surface area contributed by atoms with Gasteiger partial charge in [-0.3, -0.25) is 9.98 Å². The fraction of sp³-hybridized carbons (Fsp3) is 0.652. The molecule has 1 heterocycles. The zero-order chi connectivity index (χ0) is 22.4. The highest BCUT2D eigenvalue weighted by Gasteiger charge is 2.30. The summed E-state index contributed by atoms with van der Waals surface area (Å²) in [6.07, 6.45) is 6.65. The third kappa shape index (κ3) is 7.76. The number of nitrogens with zero attached hydrogens (tertiary/aromatic N) is 3. The number of imide groups is 1. The minimum atomic E-state index is -0.695. The molecule has 0 fully saturated rings. The maximum atomic E-state index is 12.5. The zero-order valence-electron chi connectivity index (χ0n) is 19.1. The van der Waals surface area contributed by atoms with Crippen LogP contribution in [0.5, 0.6) is 0 Å². The van der Waals surface area contributed by atoms with Gasteiger partial charge in [0.2, 0.25) is 0 Å². The quantitative estimate of drug-likeness (QED) is 0.468. The number of unbranched alkanes of at least 4 members (excludes halogenated alkanes) is 1. The molecule has 2 amide bonds. The van der Waals surface area contributed by atoms with E-state index in [0.29, 0.717) is 12.8 Å². The third-order valence-electron chi connectivity index (χ3n) is 4.39. The van der Waals surface area contributed by atoms with Crippen molar-refractivity contribution < 1.29 is 19.1 Å². The van der Waals surface area contributed by atoms with Gasteiger partial charge < -0.3 is 9.47 Å². The Balaban J connectivity index is 1.94. The first-order valence-corrected chi connectivity index (χ1v) is 10.7. The van der Waals surface area contributed by atoms with Crippen LogP contribution in [-0.2, 0) is 15.9 Å². The van der Waals surface area contributed by atoms with Gasteiger partial charge in [0.1, 0.15) is 11.2 Å². The number of pyridine rings is 1. The van der Waals surface area contributed by atoms with Crippen LogP contribution >= 0.6 is 0 Å². The standard InChI is InChI=1S/C23H35N3O4/c1-22(2,3)29-20(27)26(21(28)30-23(4,5)6)16-8-7-14-24-18-13-9-11-17-12-10-15-25-19(17)18/h10,12,14-15,18H,7-9,11,13,16H2,1-6H3. The highest BCUT2D eigenvalue weighted by Crippen LogP contribution is 2.30. The first kappa shape index (κ1) is 23.8. The van der Waals surface area contributed by atoms with E-state index in [9.17, 15) is 9.59 Å². The van der Waals surface area contributed by atoms with Crippen LogP contribution in [0.3, 0.4) is 0 Å². The van der Waals surface area contributed by atoms with Gasteiger partial charge >= 0.3 is 12.2 Å². The second-order valence-corrected chi connectivity index (χ2v) is 9.54. The molecule has 1 aliphatic rings. The van der Waals surface area contributed by atoms with Gasteiger partial charge in [-0.25, -0.2) is 14.5 Å². The van der Waals surface area contributed by atoms with Crippen molar-refractivity contribution in [2.24, 2.45) is 4.99 Å². The Hall–Kier alpha value is -2.44. The van der Waals surface area contributed by atoms with Crippen molar-refractivity contribution in [2.45, 2.75) is 90.9 Å². The molecule has 1 atom stereocenters. The van der Waals surface area contributed by atoms with E-state index in [2.05, 4.69) is 11.1 Å². The zero-order valence-corrected chi connectivity index (χ0v) is 19.1. The Morgan fingerprint density at radius 1 is 1.17 bits per heavy atom. The van der Waals surface area contributed by atoms with Crippen molar-refractivity contribution in [1.29, 1.82) is 0 Å². The topological polar surface area (TPSA) is 81.1 Å². The first-order valence-electron chi connectivity index (χ1n) is 10.7. The van der Waals surface area contributed by atoms with E-state index in [1.165, 1.54) is 5.56 Å². The lowest BCUT2D eigenvalue weighted by atomic mass is 9.92. The lowest BCUT2D eigenvalue weighted by molar-refractivity contribution is 0.00139. The molecule has 1 aromatic heterocycles. The molecule has 0 bridgehead atoms. The molecule has 30 heavy (non-hydrogen) atoms. The van der Waals surface area contributed by atoms with E-state index >= 15 is 0 Å². The average Bonchev–Trinajstić information content (AvgIpc) is 2.61. The predicted octanol–water partition coefficient (Wildman–Crippen LogP) is 5.48. The average molecular weight is 418 g/mol. The Bertz CT molecular complexity index is 734. The van der Waals surface area contributed by atoms with Gasteiger partial charge in [-0.2, -0.15) is 0 Å². The minimum Gasteiger partial charge on any atom is -0.443 e. The van der Waals surface area contributed by atoms with Crippen molar-refractivity contribution in [1.82, 2.24) is 9.88 Å². The number of fused-ring (bicyclic) bond motifs is 1. The molecule has 7 nitrogen and oxygen atoms in total. The molecule has 0 N–H and O–H groups in total. The van der Waals surface area contributed by atoms with Crippen molar-refractivity contribution in [3.63, 3.8) is 0 Å². The second kappa shape index (κ2) is 10.0. The summed E-state index contributed by atoms with van der Waals surface area (Å²) in [6.45, 7) is 10.8. The number of rotatable bonds is 5. The Kier molecular flexibility index (Phi) is 7.98. The number of aryl methyl sites for hydroxylation is 1. The lowest BCUT2D eigenvalue weighted by Crippen LogP contribution is -2.44. The predicted molar refractivity (Wildman–Crippen MR) is 117 cm³/mol. The molecule has 0 saturated carbocycles. The summed E-state index contributed by atoms with van der Waals surface area (Å²) >= 11 is 0. The number of hydrogen-bond acceptors (Lipinski definition) is 6. The maximum absolute atomic E-state index is 12.5. The molecular weight excluding hydrogens is 382 g/mol. The fourth-order valence-corrected chi connectivity index (χ4v) is 3.16. The van der Waals surface area contributed by atoms with Crippen LogP contribution < -0.4 is 0 Å². The van der Waals surface area contributed by atoms with Crippen LogP contribution in [0.25, 0.3) is 0 Å². The molecule has 0 saturated heterocycles. The van der Waals surface area contributed by atoms with Crippen LogP contribution in [0.1, 0.15) is 84.5 Å². The molecule has 166 valence electrons. The lowest BCUT2D eigenvalue weighted by Gasteiger charge is -2.28. The molecule has 0 aromatic carbocycles. The van der Waals surface area contributed by atoms with E-state index < -0.39 is 23.4 Å². The smallest absolute Gasteiger partial charge is 0.419 e. The fourth-order valence-electron chi connectivity index (χ4n) is 3.16. The van der Waals surface area contributed by atoms with Gasteiger partial charge in [0.05, 0.1) is 11.7 Å². The molecule has 7 heteroatoms. The van der Waals surface area contributed by atoms with Gasteiger partial charge in [0.15, 0.2) is 0 Å². The Labute approximate surface area is 179 Å². The number of aliphatic imine (C=N–C) groups is 1. The van der Waals surface area contributed by atoms with Gasteiger partial charge in [0.25, 0.3) is 0 Å². The van der Waals surface area contributed by atoms with E-state index in [0.717, 1.165) is 29.9 Å². The SMILES string of the molecule is CC(C)(C)OC(=O)N(CCCC=NC1CCCc2cccnc21)C(=O)OC(C)(C)C. The van der Waals surface area contributed by atoms with Gasteiger partial charge in [0, 0.05) is 12.7 Å². The first-order chi connectivity index (χ1) is 14.0. The number of ether oxygens (including phenoxy) is 2. The highest BCUT2D eigenvalue weighted by atomic mass is 16.6. The number of carbonyl (C=O) groups is 2. The summed E-state index contributed by atoms with van der Waals surface area (Å²) in [5, 5.41) is 0. The number of amides is 2. The second-order valence-electron chi connectivity index (χ2n) is 9.54. The van der Waals surface area contributed by atoms with Crippen LogP contribution in [0.4, 0.5) is 9.59 Å². The molecule has 2 rings (SSSR count). The summed E-state index contributed by atoms with van der Waals surface area (Å²) < 4.78 is 10.7. The highest BCUT2D eigenvalue weighted by molar-refractivity contribution is 5.88. The number of hydrogen-bond donors (Lipinski definition) is 0. The van der Waals surface area contributed by atoms with Crippen molar-refractivity contribution in [2.75, 3.05) is 6.54 Å². The number of aromatic nitrogens is 1. The van der Waals surface area contributed by atoms with Crippen molar-refractivity contribution >= 4 is 18.4 Å².